The maximum Gasteiger partial charge on any atom is 0.318 e. The predicted molar refractivity (Wildman–Crippen MR) is 137 cm³/mol. The third kappa shape index (κ3) is 5.76. The summed E-state index contributed by atoms with van der Waals surface area (Å²) in [6.07, 6.45) is 1.46. The van der Waals surface area contributed by atoms with Crippen molar-refractivity contribution in [2.45, 2.75) is 25.4 Å². The van der Waals surface area contributed by atoms with E-state index < -0.39 is 0 Å². The molecule has 1 fully saturated rings. The molecule has 1 heterocycles. The van der Waals surface area contributed by atoms with Crippen LogP contribution in [-0.2, 0) is 11.3 Å². The first kappa shape index (κ1) is 23.4. The summed E-state index contributed by atoms with van der Waals surface area (Å²) in [6.45, 7) is 0.828. The summed E-state index contributed by atoms with van der Waals surface area (Å²) in [5, 5.41) is 6.08. The molecule has 2 N–H and O–H groups in total. The van der Waals surface area contributed by atoms with E-state index in [0.717, 1.165) is 35.3 Å². The van der Waals surface area contributed by atoms with E-state index in [1.807, 2.05) is 96.7 Å². The molecule has 0 aliphatic carbocycles. The Balaban J connectivity index is 1.46. The van der Waals surface area contributed by atoms with Crippen molar-refractivity contribution in [3.63, 3.8) is 0 Å². The second kappa shape index (κ2) is 10.9. The molecular weight excluding hydrogens is 424 g/mol. The molecule has 2 atom stereocenters. The Kier molecular flexibility index (Phi) is 7.48. The van der Waals surface area contributed by atoms with E-state index in [0.29, 0.717) is 13.1 Å². The van der Waals surface area contributed by atoms with Gasteiger partial charge in [0.2, 0.25) is 5.91 Å². The molecule has 0 aromatic heterocycles. The fraction of sp³-hybridized carbons (Fsp3) is 0.286. The summed E-state index contributed by atoms with van der Waals surface area (Å²) in [5.41, 5.74) is 3.97. The Labute approximate surface area is 201 Å². The molecule has 176 valence electrons. The molecule has 6 nitrogen and oxygen atoms in total. The van der Waals surface area contributed by atoms with Crippen molar-refractivity contribution in [3.05, 3.63) is 96.1 Å². The summed E-state index contributed by atoms with van der Waals surface area (Å²) in [7, 11) is 3.96. The van der Waals surface area contributed by atoms with Crippen molar-refractivity contribution in [1.82, 2.24) is 10.2 Å². The maximum atomic E-state index is 13.3. The first-order valence-electron chi connectivity index (χ1n) is 11.7. The van der Waals surface area contributed by atoms with Crippen molar-refractivity contribution in [3.8, 4) is 0 Å². The second-order valence-corrected chi connectivity index (χ2v) is 8.93. The Morgan fingerprint density at radius 1 is 0.882 bits per heavy atom. The van der Waals surface area contributed by atoms with Gasteiger partial charge in [0.1, 0.15) is 0 Å². The van der Waals surface area contributed by atoms with E-state index in [4.69, 9.17) is 0 Å². The Morgan fingerprint density at radius 3 is 2.18 bits per heavy atom. The highest BCUT2D eigenvalue weighted by atomic mass is 16.2. The van der Waals surface area contributed by atoms with Crippen LogP contribution < -0.4 is 15.5 Å². The lowest BCUT2D eigenvalue weighted by molar-refractivity contribution is -0.121. The number of hydrogen-bond acceptors (Lipinski definition) is 3. The zero-order valence-electron chi connectivity index (χ0n) is 19.8. The van der Waals surface area contributed by atoms with E-state index in [1.165, 1.54) is 0 Å². The summed E-state index contributed by atoms with van der Waals surface area (Å²) < 4.78 is 0. The normalized spacial score (nSPS) is 17.6. The van der Waals surface area contributed by atoms with E-state index in [-0.39, 0.29) is 23.9 Å². The van der Waals surface area contributed by atoms with Crippen LogP contribution in [0.15, 0.2) is 84.9 Å². The lowest BCUT2D eigenvalue weighted by Crippen LogP contribution is -2.49. The predicted octanol–water partition coefficient (Wildman–Crippen LogP) is 5.05. The molecule has 0 bridgehead atoms. The smallest absolute Gasteiger partial charge is 0.318 e. The van der Waals surface area contributed by atoms with E-state index in [2.05, 4.69) is 22.8 Å². The van der Waals surface area contributed by atoms with Crippen molar-refractivity contribution in [2.75, 3.05) is 30.9 Å². The zero-order chi connectivity index (χ0) is 23.9. The third-order valence-corrected chi connectivity index (χ3v) is 6.34. The van der Waals surface area contributed by atoms with Gasteiger partial charge in [-0.2, -0.15) is 0 Å². The quantitative estimate of drug-likeness (QED) is 0.545. The number of likely N-dealkylation sites (tertiary alicyclic amines) is 1. The number of hydrogen-bond donors (Lipinski definition) is 2. The minimum Gasteiger partial charge on any atom is -0.378 e. The Hall–Kier alpha value is -3.80. The molecular formula is C28H32N4O2. The van der Waals surface area contributed by atoms with Crippen LogP contribution in [0.5, 0.6) is 0 Å². The van der Waals surface area contributed by atoms with Gasteiger partial charge in [0.25, 0.3) is 0 Å². The van der Waals surface area contributed by atoms with Crippen LogP contribution in [0.25, 0.3) is 0 Å². The monoisotopic (exact) mass is 456 g/mol. The van der Waals surface area contributed by atoms with Gasteiger partial charge >= 0.3 is 6.03 Å². The molecule has 3 amide bonds. The van der Waals surface area contributed by atoms with Gasteiger partial charge in [-0.3, -0.25) is 4.79 Å². The van der Waals surface area contributed by atoms with Gasteiger partial charge in [-0.05, 0) is 48.2 Å². The molecule has 4 rings (SSSR count). The molecule has 0 unspecified atom stereocenters. The van der Waals surface area contributed by atoms with Crippen molar-refractivity contribution in [1.29, 1.82) is 0 Å². The first-order valence-corrected chi connectivity index (χ1v) is 11.7. The van der Waals surface area contributed by atoms with Gasteiger partial charge in [0, 0.05) is 38.6 Å². The topological polar surface area (TPSA) is 64.7 Å². The number of anilines is 2. The van der Waals surface area contributed by atoms with Crippen LogP contribution >= 0.6 is 0 Å². The molecule has 6 heteroatoms. The van der Waals surface area contributed by atoms with Crippen molar-refractivity contribution in [2.24, 2.45) is 5.92 Å². The van der Waals surface area contributed by atoms with Crippen molar-refractivity contribution >= 4 is 23.3 Å². The van der Waals surface area contributed by atoms with Gasteiger partial charge in [-0.25, -0.2) is 4.79 Å². The minimum atomic E-state index is -0.268. The molecule has 1 aliphatic heterocycles. The number of carbonyl (C=O) groups is 2. The van der Waals surface area contributed by atoms with Gasteiger partial charge in [-0.15, -0.1) is 0 Å². The third-order valence-electron chi connectivity index (χ3n) is 6.34. The number of piperidine rings is 1. The van der Waals surface area contributed by atoms with Crippen LogP contribution in [0.3, 0.4) is 0 Å². The first-order chi connectivity index (χ1) is 16.5. The Bertz CT molecular complexity index is 1080. The van der Waals surface area contributed by atoms with E-state index >= 15 is 0 Å². The van der Waals surface area contributed by atoms with Crippen LogP contribution in [0, 0.1) is 5.92 Å². The van der Waals surface area contributed by atoms with E-state index in [9.17, 15) is 9.59 Å². The zero-order valence-corrected chi connectivity index (χ0v) is 19.8. The fourth-order valence-corrected chi connectivity index (χ4v) is 4.39. The number of urea groups is 1. The SMILES string of the molecule is CN(C)c1ccc(NC(=O)[C@H]2CC[C@@H](c3ccccc3)N(C(=O)NCc3ccccc3)C2)cc1. The van der Waals surface area contributed by atoms with Crippen LogP contribution in [0.4, 0.5) is 16.2 Å². The van der Waals surface area contributed by atoms with Crippen LogP contribution in [0.2, 0.25) is 0 Å². The number of rotatable bonds is 6. The average molecular weight is 457 g/mol. The summed E-state index contributed by atoms with van der Waals surface area (Å²) >= 11 is 0. The largest absolute Gasteiger partial charge is 0.378 e. The molecule has 34 heavy (non-hydrogen) atoms. The number of amides is 3. The lowest BCUT2D eigenvalue weighted by atomic mass is 9.88. The average Bonchev–Trinajstić information content (AvgIpc) is 2.88. The number of nitrogens with one attached hydrogen (secondary N) is 2. The maximum absolute atomic E-state index is 13.3. The number of carbonyl (C=O) groups excluding carboxylic acids is 2. The van der Waals surface area contributed by atoms with Gasteiger partial charge in [0.15, 0.2) is 0 Å². The highest BCUT2D eigenvalue weighted by molar-refractivity contribution is 5.93. The molecule has 3 aromatic rings. The highest BCUT2D eigenvalue weighted by Gasteiger charge is 2.35. The lowest BCUT2D eigenvalue weighted by Gasteiger charge is -2.39. The summed E-state index contributed by atoms with van der Waals surface area (Å²) in [6, 6.07) is 27.5. The molecule has 0 saturated carbocycles. The standard InChI is InChI=1S/C28H32N4O2/c1-31(2)25-16-14-24(15-17-25)30-27(33)23-13-18-26(22-11-7-4-8-12-22)32(20-23)28(34)29-19-21-9-5-3-6-10-21/h3-12,14-17,23,26H,13,18-20H2,1-2H3,(H,29,34)(H,30,33)/t23-,26-/m0/s1. The molecule has 3 aromatic carbocycles. The molecule has 1 saturated heterocycles. The van der Waals surface area contributed by atoms with Crippen molar-refractivity contribution < 1.29 is 9.59 Å². The number of benzene rings is 3. The van der Waals surface area contributed by atoms with Gasteiger partial charge in [-0.1, -0.05) is 60.7 Å². The highest BCUT2D eigenvalue weighted by Crippen LogP contribution is 2.34. The molecule has 0 radical (unpaired) electrons. The van der Waals surface area contributed by atoms with Crippen LogP contribution in [0.1, 0.15) is 30.0 Å². The van der Waals surface area contributed by atoms with E-state index in [1.54, 1.807) is 0 Å². The molecule has 1 aliphatic rings. The Morgan fingerprint density at radius 2 is 1.53 bits per heavy atom. The summed E-state index contributed by atoms with van der Waals surface area (Å²) in [4.78, 5) is 30.2. The second-order valence-electron chi connectivity index (χ2n) is 8.93. The van der Waals surface area contributed by atoms with Gasteiger partial charge in [0.05, 0.1) is 12.0 Å². The minimum absolute atomic E-state index is 0.0509. The fourth-order valence-electron chi connectivity index (χ4n) is 4.39. The van der Waals surface area contributed by atoms with Gasteiger partial charge < -0.3 is 20.4 Å². The summed E-state index contributed by atoms with van der Waals surface area (Å²) in [5.74, 6) is -0.319. The number of nitrogens with zero attached hydrogens (tertiary/aromatic N) is 2. The van der Waals surface area contributed by atoms with Crippen LogP contribution in [-0.4, -0.2) is 37.5 Å². The molecule has 0 spiro atoms.